The summed E-state index contributed by atoms with van der Waals surface area (Å²) >= 11 is 3.47. The summed E-state index contributed by atoms with van der Waals surface area (Å²) in [7, 11) is 3.61. The second kappa shape index (κ2) is 6.97. The summed E-state index contributed by atoms with van der Waals surface area (Å²) in [5.74, 6) is 0. The van der Waals surface area contributed by atoms with Crippen LogP contribution in [0.2, 0.25) is 0 Å². The van der Waals surface area contributed by atoms with Gasteiger partial charge in [-0.2, -0.15) is 0 Å². The number of rotatable bonds is 6. The molecule has 1 aromatic carbocycles. The molecule has 0 amide bonds. The number of hydrogen-bond donors (Lipinski definition) is 1. The van der Waals surface area contributed by atoms with Gasteiger partial charge in [0.05, 0.1) is 11.7 Å². The third-order valence-electron chi connectivity index (χ3n) is 3.23. The van der Waals surface area contributed by atoms with E-state index in [0.717, 1.165) is 22.4 Å². The molecule has 2 aromatic rings. The van der Waals surface area contributed by atoms with Gasteiger partial charge in [0.25, 0.3) is 0 Å². The molecule has 1 heterocycles. The van der Waals surface area contributed by atoms with Gasteiger partial charge >= 0.3 is 0 Å². The van der Waals surface area contributed by atoms with E-state index >= 15 is 0 Å². The van der Waals surface area contributed by atoms with Crippen molar-refractivity contribution < 1.29 is 4.74 Å². The predicted octanol–water partition coefficient (Wildman–Crippen LogP) is 2.62. The Morgan fingerprint density at radius 2 is 2.05 bits per heavy atom. The number of methoxy groups -OCH3 is 1. The Hall–Kier alpha value is -1.24. The minimum atomic E-state index is -0.107. The van der Waals surface area contributed by atoms with Crippen LogP contribution < -0.4 is 5.32 Å². The maximum Gasteiger partial charge on any atom is 0.153 e. The van der Waals surface area contributed by atoms with E-state index in [1.165, 1.54) is 0 Å². The Kier molecular flexibility index (Phi) is 5.28. The van der Waals surface area contributed by atoms with E-state index in [1.807, 2.05) is 25.2 Å². The number of aryl methyl sites for hydroxylation is 1. The molecular weight excluding hydrogens is 320 g/mol. The number of ether oxygens (including phenoxy) is 1. The lowest BCUT2D eigenvalue weighted by Gasteiger charge is -2.27. The van der Waals surface area contributed by atoms with Gasteiger partial charge in [-0.15, -0.1) is 5.10 Å². The van der Waals surface area contributed by atoms with Gasteiger partial charge in [0.15, 0.2) is 4.60 Å². The molecule has 0 saturated heterocycles. The van der Waals surface area contributed by atoms with Crippen LogP contribution in [0.25, 0.3) is 0 Å². The molecule has 1 N–H and O–H groups in total. The molecule has 0 saturated carbocycles. The number of nitrogens with zero attached hydrogens (tertiary/aromatic N) is 3. The molecule has 1 aromatic heterocycles. The molecule has 5 nitrogen and oxygen atoms in total. The Morgan fingerprint density at radius 1 is 1.35 bits per heavy atom. The third-order valence-corrected chi connectivity index (χ3v) is 3.79. The first-order valence-corrected chi connectivity index (χ1v) is 7.34. The molecule has 2 rings (SSSR count). The highest BCUT2D eigenvalue weighted by atomic mass is 79.9. The van der Waals surface area contributed by atoms with Crippen LogP contribution in [0.4, 0.5) is 0 Å². The van der Waals surface area contributed by atoms with Crippen LogP contribution in [-0.4, -0.2) is 28.6 Å². The number of likely N-dealkylation sites (N-methyl/N-ethyl adjacent to an activating group) is 1. The highest BCUT2D eigenvalue weighted by molar-refractivity contribution is 9.10. The molecule has 2 atom stereocenters. The quantitative estimate of drug-likeness (QED) is 0.879. The molecule has 0 bridgehead atoms. The van der Waals surface area contributed by atoms with Crippen LogP contribution in [-0.2, 0) is 11.8 Å². The number of halogens is 1. The van der Waals surface area contributed by atoms with Crippen LogP contribution in [0.1, 0.15) is 30.3 Å². The highest BCUT2D eigenvalue weighted by Gasteiger charge is 2.29. The van der Waals surface area contributed by atoms with E-state index in [9.17, 15) is 0 Å². The number of aromatic nitrogens is 3. The molecule has 0 radical (unpaired) electrons. The Labute approximate surface area is 127 Å². The lowest BCUT2D eigenvalue weighted by Crippen LogP contribution is -2.30. The van der Waals surface area contributed by atoms with Crippen molar-refractivity contribution in [1.29, 1.82) is 0 Å². The van der Waals surface area contributed by atoms with Gasteiger partial charge in [0.1, 0.15) is 6.10 Å². The number of hydrogen-bond acceptors (Lipinski definition) is 4. The van der Waals surface area contributed by atoms with Gasteiger partial charge in [-0.1, -0.05) is 42.5 Å². The van der Waals surface area contributed by atoms with Crippen molar-refractivity contribution in [3.63, 3.8) is 0 Å². The second-order valence-corrected chi connectivity index (χ2v) is 5.24. The van der Waals surface area contributed by atoms with Crippen molar-refractivity contribution in [3.05, 3.63) is 46.2 Å². The average molecular weight is 339 g/mol. The smallest absolute Gasteiger partial charge is 0.153 e. The normalized spacial score (nSPS) is 14.2. The molecule has 0 aliphatic rings. The van der Waals surface area contributed by atoms with Crippen molar-refractivity contribution in [2.24, 2.45) is 7.05 Å². The van der Waals surface area contributed by atoms with Gasteiger partial charge in [0, 0.05) is 14.2 Å². The van der Waals surface area contributed by atoms with Gasteiger partial charge in [-0.3, -0.25) is 0 Å². The fourth-order valence-electron chi connectivity index (χ4n) is 2.34. The number of benzene rings is 1. The van der Waals surface area contributed by atoms with Gasteiger partial charge < -0.3 is 10.1 Å². The number of nitrogens with one attached hydrogen (secondary N) is 1. The van der Waals surface area contributed by atoms with Crippen LogP contribution in [0.15, 0.2) is 34.9 Å². The van der Waals surface area contributed by atoms with Crippen LogP contribution >= 0.6 is 15.9 Å². The molecular formula is C14H19BrN4O. The van der Waals surface area contributed by atoms with Crippen LogP contribution in [0, 0.1) is 0 Å². The van der Waals surface area contributed by atoms with Crippen molar-refractivity contribution in [2.75, 3.05) is 13.7 Å². The lowest BCUT2D eigenvalue weighted by molar-refractivity contribution is 0.0652. The second-order valence-electron chi connectivity index (χ2n) is 4.49. The molecule has 0 fully saturated rings. The summed E-state index contributed by atoms with van der Waals surface area (Å²) in [6, 6.07) is 10.1. The Balaban J connectivity index is 2.41. The largest absolute Gasteiger partial charge is 0.375 e. The molecule has 2 unspecified atom stereocenters. The van der Waals surface area contributed by atoms with E-state index in [0.29, 0.717) is 0 Å². The minimum Gasteiger partial charge on any atom is -0.375 e. The molecule has 0 spiro atoms. The summed E-state index contributed by atoms with van der Waals surface area (Å²) in [6.07, 6.45) is -0.107. The van der Waals surface area contributed by atoms with E-state index in [2.05, 4.69) is 50.6 Å². The fraction of sp³-hybridized carbons (Fsp3) is 0.429. The van der Waals surface area contributed by atoms with Crippen LogP contribution in [0.5, 0.6) is 0 Å². The summed E-state index contributed by atoms with van der Waals surface area (Å²) < 4.78 is 8.24. The third kappa shape index (κ3) is 3.08. The lowest BCUT2D eigenvalue weighted by atomic mass is 9.99. The maximum atomic E-state index is 5.73. The van der Waals surface area contributed by atoms with Gasteiger partial charge in [-0.25, -0.2) is 4.68 Å². The van der Waals surface area contributed by atoms with Crippen molar-refractivity contribution in [2.45, 2.75) is 19.1 Å². The fourth-order valence-corrected chi connectivity index (χ4v) is 2.92. The minimum absolute atomic E-state index is 0.0261. The predicted molar refractivity (Wildman–Crippen MR) is 81.3 cm³/mol. The zero-order valence-electron chi connectivity index (χ0n) is 11.9. The molecule has 20 heavy (non-hydrogen) atoms. The monoisotopic (exact) mass is 338 g/mol. The van der Waals surface area contributed by atoms with E-state index < -0.39 is 0 Å². The standard InChI is InChI=1S/C14H19BrN4O/c1-4-16-11(12-14(15)17-18-19(12)2)13(20-3)10-8-6-5-7-9-10/h5-9,11,13,16H,4H2,1-3H3. The zero-order valence-corrected chi connectivity index (χ0v) is 13.5. The van der Waals surface area contributed by atoms with Gasteiger partial charge in [0.2, 0.25) is 0 Å². The van der Waals surface area contributed by atoms with E-state index in [4.69, 9.17) is 4.74 Å². The molecule has 6 heteroatoms. The maximum absolute atomic E-state index is 5.73. The molecule has 0 aliphatic heterocycles. The van der Waals surface area contributed by atoms with Crippen molar-refractivity contribution in [1.82, 2.24) is 20.3 Å². The molecule has 108 valence electrons. The van der Waals surface area contributed by atoms with Crippen molar-refractivity contribution in [3.8, 4) is 0 Å². The summed E-state index contributed by atoms with van der Waals surface area (Å²) in [4.78, 5) is 0. The van der Waals surface area contributed by atoms with Gasteiger partial charge in [-0.05, 0) is 28.0 Å². The van der Waals surface area contributed by atoms with E-state index in [1.54, 1.807) is 11.8 Å². The first-order chi connectivity index (χ1) is 9.69. The topological polar surface area (TPSA) is 52.0 Å². The first-order valence-electron chi connectivity index (χ1n) is 6.55. The Bertz CT molecular complexity index is 524. The molecule has 0 aliphatic carbocycles. The summed E-state index contributed by atoms with van der Waals surface area (Å²) in [5.41, 5.74) is 2.09. The van der Waals surface area contributed by atoms with E-state index in [-0.39, 0.29) is 12.1 Å². The highest BCUT2D eigenvalue weighted by Crippen LogP contribution is 2.33. The SMILES string of the molecule is CCNC(c1c(Br)nnn1C)C(OC)c1ccccc1. The Morgan fingerprint density at radius 3 is 2.55 bits per heavy atom. The first kappa shape index (κ1) is 15.2. The van der Waals surface area contributed by atoms with Crippen molar-refractivity contribution >= 4 is 15.9 Å². The zero-order chi connectivity index (χ0) is 14.5. The summed E-state index contributed by atoms with van der Waals surface area (Å²) in [5, 5.41) is 11.6. The average Bonchev–Trinajstić information content (AvgIpc) is 2.79. The van der Waals surface area contributed by atoms with Crippen LogP contribution in [0.3, 0.4) is 0 Å². The summed E-state index contributed by atoms with van der Waals surface area (Å²) in [6.45, 7) is 2.90.